The van der Waals surface area contributed by atoms with E-state index in [9.17, 15) is 0 Å². The number of benzene rings is 4. The normalized spacial score (nSPS) is 10.5. The molecule has 0 aromatic heterocycles. The topological polar surface area (TPSA) is 18.5 Å². The van der Waals surface area contributed by atoms with Crippen LogP contribution < -0.4 is 9.47 Å². The highest BCUT2D eigenvalue weighted by Gasteiger charge is 2.04. The van der Waals surface area contributed by atoms with Crippen LogP contribution in [0.2, 0.25) is 0 Å². The van der Waals surface area contributed by atoms with Gasteiger partial charge >= 0.3 is 0 Å². The van der Waals surface area contributed by atoms with Gasteiger partial charge in [-0.25, -0.2) is 0 Å². The predicted molar refractivity (Wildman–Crippen MR) is 115 cm³/mol. The van der Waals surface area contributed by atoms with E-state index < -0.39 is 0 Å². The number of rotatable bonds is 5. The van der Waals surface area contributed by atoms with Crippen molar-refractivity contribution in [1.82, 2.24) is 0 Å². The summed E-state index contributed by atoms with van der Waals surface area (Å²) < 4.78 is 10.5. The van der Waals surface area contributed by atoms with E-state index in [0.29, 0.717) is 0 Å². The van der Waals surface area contributed by atoms with Gasteiger partial charge in [0.15, 0.2) is 0 Å². The number of ether oxygens (including phenoxy) is 2. The van der Waals surface area contributed by atoms with Gasteiger partial charge in [0.05, 0.1) is 14.2 Å². The van der Waals surface area contributed by atoms with Gasteiger partial charge in [0.25, 0.3) is 0 Å². The van der Waals surface area contributed by atoms with Crippen LogP contribution in [0.1, 0.15) is 0 Å². The summed E-state index contributed by atoms with van der Waals surface area (Å²) in [6.07, 6.45) is 0. The van der Waals surface area contributed by atoms with Crippen molar-refractivity contribution in [1.29, 1.82) is 0 Å². The van der Waals surface area contributed by atoms with E-state index in [2.05, 4.69) is 66.7 Å². The van der Waals surface area contributed by atoms with E-state index >= 15 is 0 Å². The lowest BCUT2D eigenvalue weighted by Gasteiger charge is -2.08. The minimum atomic E-state index is 0.856. The second kappa shape index (κ2) is 8.01. The molecule has 0 aliphatic carbocycles. The van der Waals surface area contributed by atoms with Crippen LogP contribution in [-0.2, 0) is 0 Å². The van der Waals surface area contributed by atoms with E-state index in [0.717, 1.165) is 22.6 Å². The molecule has 4 aromatic carbocycles. The van der Waals surface area contributed by atoms with Crippen molar-refractivity contribution in [2.75, 3.05) is 14.2 Å². The highest BCUT2D eigenvalue weighted by molar-refractivity contribution is 5.75. The Kier molecular flexibility index (Phi) is 5.11. The maximum atomic E-state index is 5.24. The van der Waals surface area contributed by atoms with Crippen molar-refractivity contribution in [3.05, 3.63) is 97.1 Å². The summed E-state index contributed by atoms with van der Waals surface area (Å²) in [6.45, 7) is 0. The molecule has 0 spiro atoms. The van der Waals surface area contributed by atoms with Crippen LogP contribution in [0.15, 0.2) is 91.0 Å². The Morgan fingerprint density at radius 2 is 0.929 bits per heavy atom. The fraction of sp³-hybridized carbons (Fsp3) is 0.0769. The van der Waals surface area contributed by atoms with Crippen molar-refractivity contribution < 1.29 is 9.47 Å². The largest absolute Gasteiger partial charge is 0.497 e. The highest BCUT2D eigenvalue weighted by atomic mass is 16.5. The van der Waals surface area contributed by atoms with Crippen LogP contribution >= 0.6 is 0 Å². The Morgan fingerprint density at radius 1 is 0.500 bits per heavy atom. The van der Waals surface area contributed by atoms with Crippen molar-refractivity contribution in [2.24, 2.45) is 0 Å². The van der Waals surface area contributed by atoms with Gasteiger partial charge < -0.3 is 9.47 Å². The molecule has 0 aliphatic heterocycles. The monoisotopic (exact) mass is 365 g/mol. The number of methoxy groups -OCH3 is 2. The summed E-state index contributed by atoms with van der Waals surface area (Å²) in [4.78, 5) is 0. The molecule has 137 valence electrons. The second-order valence-corrected chi connectivity index (χ2v) is 6.53. The number of hydrogen-bond acceptors (Lipinski definition) is 2. The summed E-state index contributed by atoms with van der Waals surface area (Å²) >= 11 is 0. The smallest absolute Gasteiger partial charge is 0.118 e. The van der Waals surface area contributed by atoms with E-state index in [1.165, 1.54) is 22.3 Å². The molecular formula is C26H21O2. The summed E-state index contributed by atoms with van der Waals surface area (Å²) in [7, 11) is 3.36. The summed E-state index contributed by atoms with van der Waals surface area (Å²) in [5.41, 5.74) is 6.90. The maximum Gasteiger partial charge on any atom is 0.118 e. The summed E-state index contributed by atoms with van der Waals surface area (Å²) in [6, 6.07) is 34.4. The zero-order valence-electron chi connectivity index (χ0n) is 16.0. The van der Waals surface area contributed by atoms with Gasteiger partial charge in [-0.15, -0.1) is 0 Å². The van der Waals surface area contributed by atoms with Crippen LogP contribution in [0.25, 0.3) is 33.4 Å². The molecule has 0 N–H and O–H groups in total. The minimum absolute atomic E-state index is 0.856. The first-order valence-electron chi connectivity index (χ1n) is 9.18. The lowest BCUT2D eigenvalue weighted by molar-refractivity contribution is 0.415. The molecule has 2 nitrogen and oxygen atoms in total. The standard InChI is InChI=1S/C26H21O2/c1-27-25-14-10-20(11-15-25)19-6-8-21(9-7-19)23-4-3-5-24(18-23)22-12-16-26(28-2)17-13-22/h3-4,6-18H,1-2H3. The third-order valence-electron chi connectivity index (χ3n) is 4.84. The van der Waals surface area contributed by atoms with Gasteiger partial charge in [-0.3, -0.25) is 0 Å². The molecule has 0 bridgehead atoms. The van der Waals surface area contributed by atoms with Gasteiger partial charge in [0, 0.05) is 0 Å². The summed E-state index contributed by atoms with van der Waals surface area (Å²) in [5, 5.41) is 0. The van der Waals surface area contributed by atoms with Crippen LogP contribution in [-0.4, -0.2) is 14.2 Å². The molecule has 0 heterocycles. The fourth-order valence-corrected chi connectivity index (χ4v) is 3.22. The van der Waals surface area contributed by atoms with Gasteiger partial charge in [-0.2, -0.15) is 0 Å². The average Bonchev–Trinajstić information content (AvgIpc) is 2.79. The van der Waals surface area contributed by atoms with Crippen LogP contribution in [0.5, 0.6) is 11.5 Å². The molecule has 0 atom stereocenters. The molecule has 0 saturated heterocycles. The minimum Gasteiger partial charge on any atom is -0.497 e. The first-order valence-corrected chi connectivity index (χ1v) is 9.18. The first-order chi connectivity index (χ1) is 13.8. The zero-order chi connectivity index (χ0) is 19.3. The Labute approximate surface area is 166 Å². The quantitative estimate of drug-likeness (QED) is 0.402. The molecule has 0 aliphatic rings. The van der Waals surface area contributed by atoms with Crippen LogP contribution in [0.3, 0.4) is 0 Å². The van der Waals surface area contributed by atoms with Crippen molar-refractivity contribution >= 4 is 0 Å². The predicted octanol–water partition coefficient (Wildman–Crippen LogP) is 6.50. The maximum absolute atomic E-state index is 5.24. The fourth-order valence-electron chi connectivity index (χ4n) is 3.22. The molecule has 28 heavy (non-hydrogen) atoms. The Balaban J connectivity index is 1.60. The van der Waals surface area contributed by atoms with Gasteiger partial charge in [0.1, 0.15) is 11.5 Å². The number of hydrogen-bond donors (Lipinski definition) is 0. The van der Waals surface area contributed by atoms with Gasteiger partial charge in [-0.1, -0.05) is 60.7 Å². The molecule has 0 unspecified atom stereocenters. The Morgan fingerprint density at radius 3 is 1.43 bits per heavy atom. The Hall–Kier alpha value is -3.52. The average molecular weight is 365 g/mol. The van der Waals surface area contributed by atoms with Crippen LogP contribution in [0.4, 0.5) is 0 Å². The third kappa shape index (κ3) is 3.77. The first kappa shape index (κ1) is 17.9. The SMILES string of the molecule is COc1ccc(-c2[c]ccc(-c3ccc(-c4ccc(OC)cc4)cc3)c2)cc1. The van der Waals surface area contributed by atoms with E-state index in [1.54, 1.807) is 14.2 Å². The molecule has 4 rings (SSSR count). The third-order valence-corrected chi connectivity index (χ3v) is 4.84. The van der Waals surface area contributed by atoms with Crippen LogP contribution in [0, 0.1) is 6.07 Å². The molecule has 2 heteroatoms. The van der Waals surface area contributed by atoms with Gasteiger partial charge in [-0.05, 0) is 69.8 Å². The van der Waals surface area contributed by atoms with E-state index in [-0.39, 0.29) is 0 Å². The second-order valence-electron chi connectivity index (χ2n) is 6.53. The van der Waals surface area contributed by atoms with E-state index in [4.69, 9.17) is 9.47 Å². The van der Waals surface area contributed by atoms with Crippen molar-refractivity contribution in [3.63, 3.8) is 0 Å². The Bertz CT molecular complexity index is 1050. The molecule has 4 aromatic rings. The zero-order valence-corrected chi connectivity index (χ0v) is 16.0. The molecular weight excluding hydrogens is 344 g/mol. The highest BCUT2D eigenvalue weighted by Crippen LogP contribution is 2.29. The lowest BCUT2D eigenvalue weighted by Crippen LogP contribution is -1.85. The lowest BCUT2D eigenvalue weighted by atomic mass is 9.97. The molecule has 0 saturated carbocycles. The molecule has 0 amide bonds. The van der Waals surface area contributed by atoms with Gasteiger partial charge in [0.2, 0.25) is 0 Å². The van der Waals surface area contributed by atoms with Crippen molar-refractivity contribution in [3.8, 4) is 44.9 Å². The molecule has 1 radical (unpaired) electrons. The summed E-state index contributed by atoms with van der Waals surface area (Å²) in [5.74, 6) is 1.72. The van der Waals surface area contributed by atoms with E-state index in [1.807, 2.05) is 30.3 Å². The van der Waals surface area contributed by atoms with Crippen molar-refractivity contribution in [2.45, 2.75) is 0 Å². The molecule has 0 fully saturated rings.